The van der Waals surface area contributed by atoms with Gasteiger partial charge >= 0.3 is 0 Å². The van der Waals surface area contributed by atoms with Crippen LogP contribution in [0.3, 0.4) is 0 Å². The van der Waals surface area contributed by atoms with Gasteiger partial charge in [-0.2, -0.15) is 0 Å². The van der Waals surface area contributed by atoms with Crippen molar-refractivity contribution < 1.29 is 14.7 Å². The molecule has 1 saturated carbocycles. The standard InChI is InChI=1S/C18H26N2O3/c1-13-7-6-8-14(2)17(13)20-16(22)12-19-15(21)11-18(23)9-4-3-5-10-18/h6-8,23H,3-5,9-12H2,1-2H3,(H,19,21)(H,20,22). The van der Waals surface area contributed by atoms with Crippen LogP contribution in [0.5, 0.6) is 0 Å². The van der Waals surface area contributed by atoms with Crippen LogP contribution in [0.4, 0.5) is 5.69 Å². The number of anilines is 1. The third-order valence-corrected chi connectivity index (χ3v) is 4.47. The fourth-order valence-electron chi connectivity index (χ4n) is 3.12. The van der Waals surface area contributed by atoms with Crippen LogP contribution in [0.1, 0.15) is 49.7 Å². The highest BCUT2D eigenvalue weighted by Gasteiger charge is 2.31. The minimum absolute atomic E-state index is 0.0731. The highest BCUT2D eigenvalue weighted by Crippen LogP contribution is 2.30. The predicted molar refractivity (Wildman–Crippen MR) is 90.2 cm³/mol. The SMILES string of the molecule is Cc1cccc(C)c1NC(=O)CNC(=O)CC1(O)CCCCC1. The molecule has 2 amide bonds. The zero-order valence-electron chi connectivity index (χ0n) is 13.9. The summed E-state index contributed by atoms with van der Waals surface area (Å²) in [5, 5.41) is 15.8. The van der Waals surface area contributed by atoms with Gasteiger partial charge in [-0.15, -0.1) is 0 Å². The summed E-state index contributed by atoms with van der Waals surface area (Å²) < 4.78 is 0. The molecule has 1 aromatic carbocycles. The molecule has 1 aliphatic rings. The first kappa shape index (κ1) is 17.5. The van der Waals surface area contributed by atoms with Gasteiger partial charge in [0.25, 0.3) is 0 Å². The maximum absolute atomic E-state index is 12.0. The molecule has 0 bridgehead atoms. The molecule has 0 saturated heterocycles. The summed E-state index contributed by atoms with van der Waals surface area (Å²) in [7, 11) is 0. The molecule has 5 nitrogen and oxygen atoms in total. The molecule has 0 heterocycles. The van der Waals surface area contributed by atoms with Crippen LogP contribution in [-0.4, -0.2) is 29.1 Å². The van der Waals surface area contributed by atoms with Crippen molar-refractivity contribution in [1.29, 1.82) is 0 Å². The lowest BCUT2D eigenvalue weighted by atomic mass is 9.82. The Kier molecular flexibility index (Phi) is 5.77. The molecule has 0 atom stereocenters. The van der Waals surface area contributed by atoms with Gasteiger partial charge in [0.05, 0.1) is 18.6 Å². The van der Waals surface area contributed by atoms with E-state index in [1.807, 2.05) is 32.0 Å². The molecular formula is C18H26N2O3. The third kappa shape index (κ3) is 5.06. The lowest BCUT2D eigenvalue weighted by Gasteiger charge is -2.31. The minimum atomic E-state index is -0.897. The Balaban J connectivity index is 1.81. The number of rotatable bonds is 5. The van der Waals surface area contributed by atoms with E-state index in [0.717, 1.165) is 36.1 Å². The van der Waals surface area contributed by atoms with Crippen LogP contribution in [0.15, 0.2) is 18.2 Å². The van der Waals surface area contributed by atoms with E-state index in [1.165, 1.54) is 0 Å². The Hall–Kier alpha value is -1.88. The summed E-state index contributed by atoms with van der Waals surface area (Å²) in [4.78, 5) is 24.0. The normalized spacial score (nSPS) is 16.7. The topological polar surface area (TPSA) is 78.4 Å². The van der Waals surface area contributed by atoms with Crippen molar-refractivity contribution in [3.8, 4) is 0 Å². The monoisotopic (exact) mass is 318 g/mol. The van der Waals surface area contributed by atoms with E-state index in [9.17, 15) is 14.7 Å². The molecule has 5 heteroatoms. The molecule has 1 aromatic rings. The van der Waals surface area contributed by atoms with Gasteiger partial charge in [0.15, 0.2) is 0 Å². The fraction of sp³-hybridized carbons (Fsp3) is 0.556. The molecule has 0 radical (unpaired) electrons. The molecule has 1 fully saturated rings. The molecule has 1 aliphatic carbocycles. The summed E-state index contributed by atoms with van der Waals surface area (Å²) in [6, 6.07) is 5.80. The Labute approximate surface area is 137 Å². The highest BCUT2D eigenvalue weighted by atomic mass is 16.3. The van der Waals surface area contributed by atoms with Crippen molar-refractivity contribution >= 4 is 17.5 Å². The summed E-state index contributed by atoms with van der Waals surface area (Å²) in [5.74, 6) is -0.530. The Morgan fingerprint density at radius 3 is 2.30 bits per heavy atom. The molecule has 0 aromatic heterocycles. The maximum Gasteiger partial charge on any atom is 0.243 e. The van der Waals surface area contributed by atoms with Crippen LogP contribution in [0.2, 0.25) is 0 Å². The van der Waals surface area contributed by atoms with Gasteiger partial charge in [-0.1, -0.05) is 37.5 Å². The van der Waals surface area contributed by atoms with Crippen molar-refractivity contribution in [2.24, 2.45) is 0 Å². The number of para-hydroxylation sites is 1. The number of hydrogen-bond donors (Lipinski definition) is 3. The number of hydrogen-bond acceptors (Lipinski definition) is 3. The lowest BCUT2D eigenvalue weighted by molar-refractivity contribution is -0.129. The summed E-state index contributed by atoms with van der Waals surface area (Å²) in [6.45, 7) is 3.78. The largest absolute Gasteiger partial charge is 0.389 e. The van der Waals surface area contributed by atoms with E-state index in [2.05, 4.69) is 10.6 Å². The van der Waals surface area contributed by atoms with Crippen LogP contribution in [0, 0.1) is 13.8 Å². The van der Waals surface area contributed by atoms with E-state index < -0.39 is 5.60 Å². The molecular weight excluding hydrogens is 292 g/mol. The molecule has 0 aliphatic heterocycles. The first-order valence-corrected chi connectivity index (χ1v) is 8.25. The Morgan fingerprint density at radius 1 is 1.09 bits per heavy atom. The van der Waals surface area contributed by atoms with Crippen LogP contribution in [-0.2, 0) is 9.59 Å². The highest BCUT2D eigenvalue weighted by molar-refractivity contribution is 5.95. The van der Waals surface area contributed by atoms with Crippen LogP contribution < -0.4 is 10.6 Å². The molecule has 23 heavy (non-hydrogen) atoms. The fourth-order valence-corrected chi connectivity index (χ4v) is 3.12. The first-order valence-electron chi connectivity index (χ1n) is 8.25. The molecule has 2 rings (SSSR count). The Morgan fingerprint density at radius 2 is 1.70 bits per heavy atom. The number of carbonyl (C=O) groups excluding carboxylic acids is 2. The predicted octanol–water partition coefficient (Wildman–Crippen LogP) is 2.44. The summed E-state index contributed by atoms with van der Waals surface area (Å²) in [6.07, 6.45) is 4.42. The minimum Gasteiger partial charge on any atom is -0.389 e. The molecule has 3 N–H and O–H groups in total. The van der Waals surface area contributed by atoms with Gasteiger partial charge in [0.1, 0.15) is 0 Å². The molecule has 126 valence electrons. The number of aliphatic hydroxyl groups is 1. The van der Waals surface area contributed by atoms with Crippen molar-refractivity contribution in [1.82, 2.24) is 5.32 Å². The van der Waals surface area contributed by atoms with Gasteiger partial charge in [-0.3, -0.25) is 9.59 Å². The number of amides is 2. The maximum atomic E-state index is 12.0. The van der Waals surface area contributed by atoms with Crippen molar-refractivity contribution in [3.63, 3.8) is 0 Å². The summed E-state index contributed by atoms with van der Waals surface area (Å²) >= 11 is 0. The van der Waals surface area contributed by atoms with Gasteiger partial charge in [-0.05, 0) is 37.8 Å². The van der Waals surface area contributed by atoms with E-state index in [-0.39, 0.29) is 24.8 Å². The molecule has 0 unspecified atom stereocenters. The van der Waals surface area contributed by atoms with Gasteiger partial charge in [0.2, 0.25) is 11.8 Å². The number of benzene rings is 1. The second kappa shape index (κ2) is 7.59. The third-order valence-electron chi connectivity index (χ3n) is 4.47. The lowest BCUT2D eigenvalue weighted by Crippen LogP contribution is -2.40. The van der Waals surface area contributed by atoms with Crippen LogP contribution in [0.25, 0.3) is 0 Å². The number of carbonyl (C=O) groups is 2. The van der Waals surface area contributed by atoms with E-state index in [4.69, 9.17) is 0 Å². The van der Waals surface area contributed by atoms with E-state index >= 15 is 0 Å². The van der Waals surface area contributed by atoms with Crippen molar-refractivity contribution in [2.45, 2.75) is 58.0 Å². The average molecular weight is 318 g/mol. The van der Waals surface area contributed by atoms with Crippen LogP contribution >= 0.6 is 0 Å². The zero-order valence-corrected chi connectivity index (χ0v) is 13.9. The second-order valence-corrected chi connectivity index (χ2v) is 6.55. The molecule has 0 spiro atoms. The first-order chi connectivity index (χ1) is 10.9. The van der Waals surface area contributed by atoms with Crippen molar-refractivity contribution in [2.75, 3.05) is 11.9 Å². The summed E-state index contributed by atoms with van der Waals surface area (Å²) in [5.41, 5.74) is 1.87. The second-order valence-electron chi connectivity index (χ2n) is 6.55. The number of nitrogens with one attached hydrogen (secondary N) is 2. The van der Waals surface area contributed by atoms with Gasteiger partial charge in [-0.25, -0.2) is 0 Å². The zero-order chi connectivity index (χ0) is 16.9. The van der Waals surface area contributed by atoms with E-state index in [0.29, 0.717) is 12.8 Å². The average Bonchev–Trinajstić information content (AvgIpc) is 2.49. The van der Waals surface area contributed by atoms with E-state index in [1.54, 1.807) is 0 Å². The number of aryl methyl sites for hydroxylation is 2. The Bertz CT molecular complexity index is 557. The van der Waals surface area contributed by atoms with Gasteiger partial charge < -0.3 is 15.7 Å². The van der Waals surface area contributed by atoms with Gasteiger partial charge in [0, 0.05) is 5.69 Å². The quantitative estimate of drug-likeness (QED) is 0.780. The smallest absolute Gasteiger partial charge is 0.243 e. The van der Waals surface area contributed by atoms with Crippen molar-refractivity contribution in [3.05, 3.63) is 29.3 Å².